The van der Waals surface area contributed by atoms with Gasteiger partial charge >= 0.3 is 5.97 Å². The first kappa shape index (κ1) is 9.45. The summed E-state index contributed by atoms with van der Waals surface area (Å²) in [5.74, 6) is -0.817. The fourth-order valence-corrected chi connectivity index (χ4v) is 1.31. The molecule has 6 heteroatoms. The average Bonchev–Trinajstić information content (AvgIpc) is 2.75. The molecule has 0 aliphatic carbocycles. The van der Waals surface area contributed by atoms with E-state index in [-0.39, 0.29) is 11.3 Å². The predicted molar refractivity (Wildman–Crippen MR) is 50.4 cm³/mol. The van der Waals surface area contributed by atoms with Crippen molar-refractivity contribution in [2.75, 3.05) is 0 Å². The molecule has 78 valence electrons. The number of hydrogen-bond acceptors (Lipinski definition) is 4. The van der Waals surface area contributed by atoms with Crippen molar-refractivity contribution < 1.29 is 14.4 Å². The monoisotopic (exact) mass is 207 g/mol. The predicted octanol–water partition coefficient (Wildman–Crippen LogP) is 1.08. The molecule has 1 N–H and O–H groups in total. The molecule has 15 heavy (non-hydrogen) atoms. The van der Waals surface area contributed by atoms with Crippen LogP contribution in [0.5, 0.6) is 0 Å². The highest BCUT2D eigenvalue weighted by Gasteiger charge is 2.20. The molecule has 0 aliphatic heterocycles. The Kier molecular flexibility index (Phi) is 2.03. The Morgan fingerprint density at radius 1 is 1.53 bits per heavy atom. The van der Waals surface area contributed by atoms with Crippen LogP contribution in [0.2, 0.25) is 0 Å². The largest absolute Gasteiger partial charge is 0.477 e. The van der Waals surface area contributed by atoms with Gasteiger partial charge in [0.25, 0.3) is 0 Å². The SMILES string of the molecule is Cc1c(-c2oncc2C(=O)O)cnn1C. The molecule has 0 atom stereocenters. The number of carboxylic acids is 1. The van der Waals surface area contributed by atoms with Gasteiger partial charge in [0.1, 0.15) is 5.56 Å². The van der Waals surface area contributed by atoms with Gasteiger partial charge in [-0.05, 0) is 6.92 Å². The van der Waals surface area contributed by atoms with Crippen molar-refractivity contribution in [2.45, 2.75) is 6.92 Å². The minimum Gasteiger partial charge on any atom is -0.477 e. The maximum Gasteiger partial charge on any atom is 0.341 e. The molecule has 0 radical (unpaired) electrons. The van der Waals surface area contributed by atoms with E-state index in [9.17, 15) is 4.79 Å². The van der Waals surface area contributed by atoms with Crippen LogP contribution in [0.4, 0.5) is 0 Å². The number of rotatable bonds is 2. The highest BCUT2D eigenvalue weighted by Crippen LogP contribution is 2.25. The molecule has 0 saturated heterocycles. The number of carbonyl (C=O) groups is 1. The van der Waals surface area contributed by atoms with Gasteiger partial charge in [0.2, 0.25) is 0 Å². The standard InChI is InChI=1S/C9H9N3O3/c1-5-6(3-10-12(5)2)8-7(9(13)14)4-11-15-8/h3-4H,1-2H3,(H,13,14). The zero-order valence-corrected chi connectivity index (χ0v) is 8.26. The Bertz CT molecular complexity index is 512. The highest BCUT2D eigenvalue weighted by molar-refractivity contribution is 5.94. The third-order valence-electron chi connectivity index (χ3n) is 2.28. The molecule has 2 aromatic heterocycles. The van der Waals surface area contributed by atoms with Crippen molar-refractivity contribution in [1.82, 2.24) is 14.9 Å². The molecule has 0 spiro atoms. The highest BCUT2D eigenvalue weighted by atomic mass is 16.5. The summed E-state index contributed by atoms with van der Waals surface area (Å²) in [6.07, 6.45) is 2.74. The average molecular weight is 207 g/mol. The first-order chi connectivity index (χ1) is 7.11. The molecule has 0 saturated carbocycles. The molecule has 0 aromatic carbocycles. The lowest BCUT2D eigenvalue weighted by Gasteiger charge is -1.96. The lowest BCUT2D eigenvalue weighted by molar-refractivity contribution is 0.0697. The van der Waals surface area contributed by atoms with Gasteiger partial charge in [-0.1, -0.05) is 5.16 Å². The molecule has 6 nitrogen and oxygen atoms in total. The second-order valence-corrected chi connectivity index (χ2v) is 3.14. The summed E-state index contributed by atoms with van der Waals surface area (Å²) in [5, 5.41) is 16.4. The van der Waals surface area contributed by atoms with Crippen LogP contribution >= 0.6 is 0 Å². The molecule has 0 fully saturated rings. The van der Waals surface area contributed by atoms with E-state index < -0.39 is 5.97 Å². The van der Waals surface area contributed by atoms with Gasteiger partial charge in [0.15, 0.2) is 5.76 Å². The molecular weight excluding hydrogens is 198 g/mol. The Morgan fingerprint density at radius 3 is 2.80 bits per heavy atom. The molecule has 2 aromatic rings. The molecule has 0 aliphatic rings. The van der Waals surface area contributed by atoms with Crippen molar-refractivity contribution in [3.8, 4) is 11.3 Å². The topological polar surface area (TPSA) is 81.2 Å². The van der Waals surface area contributed by atoms with Gasteiger partial charge in [-0.2, -0.15) is 5.10 Å². The second kappa shape index (κ2) is 3.23. The van der Waals surface area contributed by atoms with E-state index in [2.05, 4.69) is 10.3 Å². The first-order valence-corrected chi connectivity index (χ1v) is 4.28. The van der Waals surface area contributed by atoms with Crippen LogP contribution in [0.15, 0.2) is 16.9 Å². The first-order valence-electron chi connectivity index (χ1n) is 4.28. The van der Waals surface area contributed by atoms with E-state index in [4.69, 9.17) is 9.63 Å². The zero-order chi connectivity index (χ0) is 11.0. The summed E-state index contributed by atoms with van der Waals surface area (Å²) in [4.78, 5) is 10.8. The number of hydrogen-bond donors (Lipinski definition) is 1. The minimum absolute atomic E-state index is 0.0473. The maximum absolute atomic E-state index is 10.8. The minimum atomic E-state index is -1.06. The fourth-order valence-electron chi connectivity index (χ4n) is 1.31. The fraction of sp³-hybridized carbons (Fsp3) is 0.222. The van der Waals surface area contributed by atoms with Gasteiger partial charge in [-0.15, -0.1) is 0 Å². The summed E-state index contributed by atoms with van der Waals surface area (Å²) >= 11 is 0. The third kappa shape index (κ3) is 1.39. The van der Waals surface area contributed by atoms with Gasteiger partial charge < -0.3 is 9.63 Å². The number of aryl methyl sites for hydroxylation is 1. The Labute approximate surface area is 85.1 Å². The number of aromatic carboxylic acids is 1. The smallest absolute Gasteiger partial charge is 0.341 e. The Balaban J connectivity index is 2.59. The van der Waals surface area contributed by atoms with E-state index in [0.29, 0.717) is 5.56 Å². The van der Waals surface area contributed by atoms with E-state index in [1.54, 1.807) is 17.9 Å². The van der Waals surface area contributed by atoms with Gasteiger partial charge in [0.05, 0.1) is 18.0 Å². The summed E-state index contributed by atoms with van der Waals surface area (Å²) in [5.41, 5.74) is 1.52. The van der Waals surface area contributed by atoms with Crippen molar-refractivity contribution >= 4 is 5.97 Å². The maximum atomic E-state index is 10.8. The van der Waals surface area contributed by atoms with Gasteiger partial charge in [-0.3, -0.25) is 4.68 Å². The van der Waals surface area contributed by atoms with Gasteiger partial charge in [-0.25, -0.2) is 4.79 Å². The van der Waals surface area contributed by atoms with Gasteiger partial charge in [0, 0.05) is 12.7 Å². The molecule has 2 rings (SSSR count). The van der Waals surface area contributed by atoms with Crippen LogP contribution in [0.3, 0.4) is 0 Å². The van der Waals surface area contributed by atoms with E-state index in [1.165, 1.54) is 6.20 Å². The Morgan fingerprint density at radius 2 is 2.27 bits per heavy atom. The zero-order valence-electron chi connectivity index (χ0n) is 8.26. The lowest BCUT2D eigenvalue weighted by atomic mass is 10.1. The molecule has 0 bridgehead atoms. The van der Waals surface area contributed by atoms with Crippen LogP contribution < -0.4 is 0 Å². The summed E-state index contributed by atoms with van der Waals surface area (Å²) in [7, 11) is 1.77. The molecule has 0 amide bonds. The van der Waals surface area contributed by atoms with Crippen molar-refractivity contribution in [3.05, 3.63) is 23.7 Å². The second-order valence-electron chi connectivity index (χ2n) is 3.14. The van der Waals surface area contributed by atoms with Crippen LogP contribution in [0.25, 0.3) is 11.3 Å². The Hall–Kier alpha value is -2.11. The van der Waals surface area contributed by atoms with Crippen molar-refractivity contribution in [3.63, 3.8) is 0 Å². The molecular formula is C9H9N3O3. The van der Waals surface area contributed by atoms with Crippen LogP contribution in [0.1, 0.15) is 16.1 Å². The molecule has 2 heterocycles. The molecule has 0 unspecified atom stereocenters. The number of aromatic nitrogens is 3. The normalized spacial score (nSPS) is 10.5. The number of nitrogens with zero attached hydrogens (tertiary/aromatic N) is 3. The van der Waals surface area contributed by atoms with E-state index in [0.717, 1.165) is 5.69 Å². The third-order valence-corrected chi connectivity index (χ3v) is 2.28. The van der Waals surface area contributed by atoms with Crippen molar-refractivity contribution in [1.29, 1.82) is 0 Å². The summed E-state index contributed by atoms with van der Waals surface area (Å²) in [6.45, 7) is 1.83. The van der Waals surface area contributed by atoms with E-state index in [1.807, 2.05) is 6.92 Å². The summed E-state index contributed by atoms with van der Waals surface area (Å²) in [6, 6.07) is 0. The van der Waals surface area contributed by atoms with Crippen molar-refractivity contribution in [2.24, 2.45) is 7.05 Å². The van der Waals surface area contributed by atoms with E-state index >= 15 is 0 Å². The lowest BCUT2D eigenvalue weighted by Crippen LogP contribution is -1.97. The summed E-state index contributed by atoms with van der Waals surface area (Å²) < 4.78 is 6.56. The van der Waals surface area contributed by atoms with Crippen LogP contribution in [0, 0.1) is 6.92 Å². The van der Waals surface area contributed by atoms with Crippen LogP contribution in [-0.2, 0) is 7.05 Å². The quantitative estimate of drug-likeness (QED) is 0.796. The van der Waals surface area contributed by atoms with Crippen LogP contribution in [-0.4, -0.2) is 26.0 Å². The number of carboxylic acid groups (broad SMARTS) is 1.